The van der Waals surface area contributed by atoms with Crippen LogP contribution in [-0.2, 0) is 16.1 Å². The Bertz CT molecular complexity index is 1500. The monoisotopic (exact) mass is 573 g/mol. The number of hydrogen-bond donors (Lipinski definition) is 2. The Hall–Kier alpha value is -5.19. The van der Waals surface area contributed by atoms with Crippen LogP contribution in [0.15, 0.2) is 78.0 Å². The first-order valence-electron chi connectivity index (χ1n) is 13.3. The SMILES string of the molecule is CCOC(=O)C1=C(CN(Cc2ccc3c(c2)OCO3)C(=O)c2ccc(OC)cc2)NC(=O)NC1c1ccc(OC)cc1. The third kappa shape index (κ3) is 6.09. The molecular formula is C31H31N3O8. The number of rotatable bonds is 10. The minimum absolute atomic E-state index is 0.0898. The number of carbonyl (C=O) groups excluding carboxylic acids is 3. The van der Waals surface area contributed by atoms with Gasteiger partial charge in [-0.15, -0.1) is 0 Å². The van der Waals surface area contributed by atoms with Crippen molar-refractivity contribution in [1.82, 2.24) is 15.5 Å². The maximum Gasteiger partial charge on any atom is 0.338 e. The lowest BCUT2D eigenvalue weighted by atomic mass is 9.94. The zero-order valence-corrected chi connectivity index (χ0v) is 23.5. The van der Waals surface area contributed by atoms with Gasteiger partial charge >= 0.3 is 12.0 Å². The fourth-order valence-corrected chi connectivity index (χ4v) is 4.81. The highest BCUT2D eigenvalue weighted by molar-refractivity contribution is 5.97. The molecule has 3 amide bonds. The molecule has 2 aliphatic rings. The summed E-state index contributed by atoms with van der Waals surface area (Å²) in [5.74, 6) is 1.49. The van der Waals surface area contributed by atoms with Crippen LogP contribution in [0.1, 0.15) is 34.5 Å². The maximum absolute atomic E-state index is 13.9. The van der Waals surface area contributed by atoms with Crippen molar-refractivity contribution in [3.63, 3.8) is 0 Å². The highest BCUT2D eigenvalue weighted by Crippen LogP contribution is 2.34. The number of hydrogen-bond acceptors (Lipinski definition) is 8. The molecule has 2 heterocycles. The number of ether oxygens (including phenoxy) is 5. The number of urea groups is 1. The summed E-state index contributed by atoms with van der Waals surface area (Å²) in [6.07, 6.45) is 0. The van der Waals surface area contributed by atoms with E-state index in [0.29, 0.717) is 34.1 Å². The average molecular weight is 574 g/mol. The average Bonchev–Trinajstić information content (AvgIpc) is 3.48. The highest BCUT2D eigenvalue weighted by Gasteiger charge is 2.35. The fourth-order valence-electron chi connectivity index (χ4n) is 4.81. The predicted octanol–water partition coefficient (Wildman–Crippen LogP) is 3.95. The maximum atomic E-state index is 13.9. The molecule has 0 saturated carbocycles. The number of carbonyl (C=O) groups is 3. The van der Waals surface area contributed by atoms with Crippen LogP contribution >= 0.6 is 0 Å². The van der Waals surface area contributed by atoms with Crippen LogP contribution in [0.3, 0.4) is 0 Å². The molecule has 0 aliphatic carbocycles. The van der Waals surface area contributed by atoms with Gasteiger partial charge < -0.3 is 39.2 Å². The molecule has 2 aliphatic heterocycles. The van der Waals surface area contributed by atoms with E-state index in [0.717, 1.165) is 5.56 Å². The van der Waals surface area contributed by atoms with E-state index in [2.05, 4.69) is 10.6 Å². The van der Waals surface area contributed by atoms with Crippen LogP contribution in [-0.4, -0.2) is 57.0 Å². The van der Waals surface area contributed by atoms with Crippen molar-refractivity contribution >= 4 is 17.9 Å². The molecule has 218 valence electrons. The molecule has 0 fully saturated rings. The molecule has 0 saturated heterocycles. The summed E-state index contributed by atoms with van der Waals surface area (Å²) < 4.78 is 26.9. The normalized spacial score (nSPS) is 15.4. The second-order valence-corrected chi connectivity index (χ2v) is 9.49. The van der Waals surface area contributed by atoms with Gasteiger partial charge in [0.2, 0.25) is 6.79 Å². The van der Waals surface area contributed by atoms with E-state index in [1.807, 2.05) is 6.07 Å². The summed E-state index contributed by atoms with van der Waals surface area (Å²) in [7, 11) is 3.10. The van der Waals surface area contributed by atoms with Crippen molar-refractivity contribution in [3.8, 4) is 23.0 Å². The second-order valence-electron chi connectivity index (χ2n) is 9.49. The summed E-state index contributed by atoms with van der Waals surface area (Å²) in [5, 5.41) is 5.57. The van der Waals surface area contributed by atoms with Crippen molar-refractivity contribution in [3.05, 3.63) is 94.7 Å². The number of esters is 1. The summed E-state index contributed by atoms with van der Waals surface area (Å²) in [5.41, 5.74) is 2.27. The largest absolute Gasteiger partial charge is 0.497 e. The van der Waals surface area contributed by atoms with Gasteiger partial charge in [-0.25, -0.2) is 9.59 Å². The van der Waals surface area contributed by atoms with Crippen LogP contribution < -0.4 is 29.6 Å². The number of fused-ring (bicyclic) bond motifs is 1. The third-order valence-electron chi connectivity index (χ3n) is 6.88. The van der Waals surface area contributed by atoms with E-state index < -0.39 is 18.0 Å². The Balaban J connectivity index is 1.55. The molecule has 3 aromatic rings. The molecule has 0 bridgehead atoms. The van der Waals surface area contributed by atoms with E-state index in [4.69, 9.17) is 23.7 Å². The van der Waals surface area contributed by atoms with Gasteiger partial charge in [0.25, 0.3) is 5.91 Å². The smallest absolute Gasteiger partial charge is 0.338 e. The van der Waals surface area contributed by atoms with Gasteiger partial charge in [-0.2, -0.15) is 0 Å². The van der Waals surface area contributed by atoms with Gasteiger partial charge in [0.15, 0.2) is 11.5 Å². The molecule has 0 aromatic heterocycles. The molecule has 3 aromatic carbocycles. The van der Waals surface area contributed by atoms with Crippen molar-refractivity contribution in [2.75, 3.05) is 34.2 Å². The van der Waals surface area contributed by atoms with E-state index in [9.17, 15) is 14.4 Å². The van der Waals surface area contributed by atoms with E-state index in [1.54, 1.807) is 86.7 Å². The highest BCUT2D eigenvalue weighted by atomic mass is 16.7. The van der Waals surface area contributed by atoms with E-state index >= 15 is 0 Å². The summed E-state index contributed by atoms with van der Waals surface area (Å²) in [6.45, 7) is 2.01. The molecule has 1 atom stereocenters. The van der Waals surface area contributed by atoms with Crippen LogP contribution in [0.25, 0.3) is 0 Å². The first-order chi connectivity index (χ1) is 20.4. The molecule has 1 unspecified atom stereocenters. The molecule has 2 N–H and O–H groups in total. The van der Waals surface area contributed by atoms with Gasteiger partial charge in [-0.05, 0) is 66.6 Å². The van der Waals surface area contributed by atoms with Crippen LogP contribution in [0.5, 0.6) is 23.0 Å². The predicted molar refractivity (Wildman–Crippen MR) is 151 cm³/mol. The molecular weight excluding hydrogens is 542 g/mol. The molecule has 0 radical (unpaired) electrons. The molecule has 11 heteroatoms. The van der Waals surface area contributed by atoms with Gasteiger partial charge in [-0.3, -0.25) is 4.79 Å². The first kappa shape index (κ1) is 28.3. The minimum Gasteiger partial charge on any atom is -0.497 e. The topological polar surface area (TPSA) is 125 Å². The minimum atomic E-state index is -0.817. The Morgan fingerprint density at radius 3 is 2.24 bits per heavy atom. The van der Waals surface area contributed by atoms with Gasteiger partial charge in [0.05, 0.1) is 44.7 Å². The summed E-state index contributed by atoms with van der Waals surface area (Å²) >= 11 is 0. The van der Waals surface area contributed by atoms with Gasteiger partial charge in [0, 0.05) is 12.1 Å². The van der Waals surface area contributed by atoms with Crippen molar-refractivity contribution in [1.29, 1.82) is 0 Å². The quantitative estimate of drug-likeness (QED) is 0.350. The van der Waals surface area contributed by atoms with Crippen LogP contribution in [0.2, 0.25) is 0 Å². The lowest BCUT2D eigenvalue weighted by Crippen LogP contribution is -2.49. The lowest BCUT2D eigenvalue weighted by Gasteiger charge is -2.32. The third-order valence-corrected chi connectivity index (χ3v) is 6.88. The Kier molecular flexibility index (Phi) is 8.47. The molecule has 0 spiro atoms. The Morgan fingerprint density at radius 2 is 1.57 bits per heavy atom. The Morgan fingerprint density at radius 1 is 0.905 bits per heavy atom. The van der Waals surface area contributed by atoms with Gasteiger partial charge in [-0.1, -0.05) is 18.2 Å². The fraction of sp³-hybridized carbons (Fsp3) is 0.258. The van der Waals surface area contributed by atoms with Crippen molar-refractivity contribution in [2.45, 2.75) is 19.5 Å². The Labute approximate surface area is 243 Å². The molecule has 5 rings (SSSR count). The van der Waals surface area contributed by atoms with Crippen LogP contribution in [0.4, 0.5) is 4.79 Å². The summed E-state index contributed by atoms with van der Waals surface area (Å²) in [6, 6.07) is 17.8. The van der Waals surface area contributed by atoms with Gasteiger partial charge in [0.1, 0.15) is 11.5 Å². The molecule has 11 nitrogen and oxygen atoms in total. The molecule has 42 heavy (non-hydrogen) atoms. The standard InChI is InChI=1S/C31H31N3O8/c1-4-40-30(36)27-24(32-31(37)33-28(27)20-6-10-22(38-2)11-7-20)17-34(29(35)21-8-12-23(39-3)13-9-21)16-19-5-14-25-26(15-19)42-18-41-25/h5-15,28H,4,16-18H2,1-3H3,(H2,32,33,37). The number of methoxy groups -OCH3 is 2. The summed E-state index contributed by atoms with van der Waals surface area (Å²) in [4.78, 5) is 41.7. The van der Waals surface area contributed by atoms with Crippen LogP contribution in [0, 0.1) is 0 Å². The first-order valence-corrected chi connectivity index (χ1v) is 13.3. The lowest BCUT2D eigenvalue weighted by molar-refractivity contribution is -0.139. The van der Waals surface area contributed by atoms with Crippen molar-refractivity contribution < 1.29 is 38.1 Å². The second kappa shape index (κ2) is 12.5. The zero-order chi connectivity index (χ0) is 29.6. The van der Waals surface area contributed by atoms with E-state index in [1.165, 1.54) is 0 Å². The number of benzene rings is 3. The van der Waals surface area contributed by atoms with E-state index in [-0.39, 0.29) is 43.7 Å². The number of nitrogens with one attached hydrogen (secondary N) is 2. The number of amides is 3. The van der Waals surface area contributed by atoms with Crippen molar-refractivity contribution in [2.24, 2.45) is 0 Å². The number of nitrogens with zero attached hydrogens (tertiary/aromatic N) is 1. The zero-order valence-electron chi connectivity index (χ0n) is 23.5.